The van der Waals surface area contributed by atoms with Crippen LogP contribution in [0.25, 0.3) is 10.2 Å². The molecule has 2 aliphatic rings. The molecule has 1 atom stereocenters. The number of ether oxygens (including phenoxy) is 1. The van der Waals surface area contributed by atoms with Gasteiger partial charge in [0.15, 0.2) is 5.13 Å². The van der Waals surface area contributed by atoms with Crippen LogP contribution in [0.2, 0.25) is 0 Å². The van der Waals surface area contributed by atoms with Crippen LogP contribution in [-0.2, 0) is 14.3 Å². The molecule has 166 valence electrons. The highest BCUT2D eigenvalue weighted by molar-refractivity contribution is 7.98. The molecule has 2 fully saturated rings. The van der Waals surface area contributed by atoms with E-state index in [4.69, 9.17) is 9.72 Å². The number of nitrogens with zero attached hydrogens (tertiary/aromatic N) is 3. The summed E-state index contributed by atoms with van der Waals surface area (Å²) in [7, 11) is 0. The summed E-state index contributed by atoms with van der Waals surface area (Å²) in [6.45, 7) is 3.52. The Morgan fingerprint density at radius 1 is 1.19 bits per heavy atom. The van der Waals surface area contributed by atoms with Crippen LogP contribution < -0.4 is 15.1 Å². The molecule has 5 rings (SSSR count). The fraction of sp³-hybridized carbons (Fsp3) is 0.348. The number of benzene rings is 2. The zero-order valence-corrected chi connectivity index (χ0v) is 19.4. The lowest BCUT2D eigenvalue weighted by Crippen LogP contribution is -2.36. The molecule has 3 heterocycles. The summed E-state index contributed by atoms with van der Waals surface area (Å²) in [4.78, 5) is 35.2. The van der Waals surface area contributed by atoms with Crippen LogP contribution >= 0.6 is 23.1 Å². The number of thiazole rings is 1. The molecule has 0 bridgehead atoms. The number of carbonyl (C=O) groups is 2. The number of hydrogen-bond acceptors (Lipinski definition) is 7. The number of rotatable bonds is 5. The second-order valence-electron chi connectivity index (χ2n) is 7.87. The Morgan fingerprint density at radius 3 is 2.72 bits per heavy atom. The van der Waals surface area contributed by atoms with Crippen molar-refractivity contribution in [2.45, 2.75) is 11.3 Å². The summed E-state index contributed by atoms with van der Waals surface area (Å²) in [5, 5.41) is 3.98. The van der Waals surface area contributed by atoms with Crippen molar-refractivity contribution in [2.75, 3.05) is 54.2 Å². The largest absolute Gasteiger partial charge is 0.378 e. The number of carbonyl (C=O) groups excluding carboxylic acids is 2. The molecule has 2 aliphatic heterocycles. The fourth-order valence-electron chi connectivity index (χ4n) is 4.02. The Hall–Kier alpha value is -2.62. The standard InChI is InChI=1S/C23H24N4O3S2/c1-31-18-5-3-17(4-6-18)27-14-15(12-21(27)28)22(29)24-16-2-7-19-20(13-16)32-23(25-19)26-8-10-30-11-9-26/h2-7,13,15H,8-12,14H2,1H3,(H,24,29). The molecule has 0 spiro atoms. The number of anilines is 3. The van der Waals surface area contributed by atoms with Gasteiger partial charge in [-0.05, 0) is 48.7 Å². The minimum atomic E-state index is -0.371. The summed E-state index contributed by atoms with van der Waals surface area (Å²) in [6, 6.07) is 13.6. The van der Waals surface area contributed by atoms with Gasteiger partial charge in [0, 0.05) is 42.3 Å². The minimum absolute atomic E-state index is 0.0184. The third kappa shape index (κ3) is 4.32. The highest BCUT2D eigenvalue weighted by Crippen LogP contribution is 2.32. The van der Waals surface area contributed by atoms with Gasteiger partial charge in [-0.3, -0.25) is 9.59 Å². The van der Waals surface area contributed by atoms with Crippen molar-refractivity contribution < 1.29 is 14.3 Å². The second kappa shape index (κ2) is 9.09. The molecule has 32 heavy (non-hydrogen) atoms. The molecule has 2 amide bonds. The van der Waals surface area contributed by atoms with Crippen molar-refractivity contribution in [2.24, 2.45) is 5.92 Å². The van der Waals surface area contributed by atoms with Gasteiger partial charge in [-0.25, -0.2) is 4.98 Å². The van der Waals surface area contributed by atoms with Crippen molar-refractivity contribution in [3.8, 4) is 0 Å². The van der Waals surface area contributed by atoms with Gasteiger partial charge in [0.2, 0.25) is 11.8 Å². The van der Waals surface area contributed by atoms with Gasteiger partial charge in [-0.2, -0.15) is 0 Å². The maximum Gasteiger partial charge on any atom is 0.229 e. The van der Waals surface area contributed by atoms with Crippen molar-refractivity contribution >= 4 is 61.6 Å². The number of nitrogens with one attached hydrogen (secondary N) is 1. The molecule has 1 N–H and O–H groups in total. The topological polar surface area (TPSA) is 74.8 Å². The monoisotopic (exact) mass is 468 g/mol. The van der Waals surface area contributed by atoms with Gasteiger partial charge < -0.3 is 19.9 Å². The molecule has 0 aliphatic carbocycles. The van der Waals surface area contributed by atoms with Crippen molar-refractivity contribution in [3.63, 3.8) is 0 Å². The zero-order valence-electron chi connectivity index (χ0n) is 17.7. The number of aromatic nitrogens is 1. The normalized spacial score (nSPS) is 19.0. The Bertz CT molecular complexity index is 1140. The summed E-state index contributed by atoms with van der Waals surface area (Å²) >= 11 is 3.28. The average molecular weight is 469 g/mol. The Kier molecular flexibility index (Phi) is 6.03. The van der Waals surface area contributed by atoms with Crippen LogP contribution in [0.1, 0.15) is 6.42 Å². The maximum atomic E-state index is 12.9. The van der Waals surface area contributed by atoms with E-state index in [0.29, 0.717) is 6.54 Å². The van der Waals surface area contributed by atoms with Gasteiger partial charge in [0.1, 0.15) is 0 Å². The number of amides is 2. The van der Waals surface area contributed by atoms with Gasteiger partial charge in [-0.15, -0.1) is 11.8 Å². The first kappa shape index (κ1) is 21.2. The Balaban J connectivity index is 1.26. The lowest BCUT2D eigenvalue weighted by molar-refractivity contribution is -0.122. The number of hydrogen-bond donors (Lipinski definition) is 1. The minimum Gasteiger partial charge on any atom is -0.378 e. The van der Waals surface area contributed by atoms with Crippen molar-refractivity contribution in [1.82, 2.24) is 4.98 Å². The maximum absolute atomic E-state index is 12.9. The zero-order chi connectivity index (χ0) is 22.1. The van der Waals surface area contributed by atoms with Crippen LogP contribution in [0.4, 0.5) is 16.5 Å². The summed E-state index contributed by atoms with van der Waals surface area (Å²) in [5.41, 5.74) is 2.49. The molecule has 3 aromatic rings. The molecule has 0 radical (unpaired) electrons. The highest BCUT2D eigenvalue weighted by Gasteiger charge is 2.35. The van der Waals surface area contributed by atoms with Crippen molar-refractivity contribution in [1.29, 1.82) is 0 Å². The van der Waals surface area contributed by atoms with E-state index >= 15 is 0 Å². The molecule has 2 saturated heterocycles. The number of fused-ring (bicyclic) bond motifs is 1. The SMILES string of the molecule is CSc1ccc(N2CC(C(=O)Nc3ccc4nc(N5CCOCC5)sc4c3)CC2=O)cc1. The summed E-state index contributed by atoms with van der Waals surface area (Å²) in [6.07, 6.45) is 2.24. The predicted octanol–water partition coefficient (Wildman–Crippen LogP) is 3.85. The molecule has 9 heteroatoms. The first-order valence-corrected chi connectivity index (χ1v) is 12.6. The summed E-state index contributed by atoms with van der Waals surface area (Å²) in [5.74, 6) is -0.516. The third-order valence-electron chi connectivity index (χ3n) is 5.81. The lowest BCUT2D eigenvalue weighted by Gasteiger charge is -2.25. The van der Waals surface area contributed by atoms with E-state index in [1.807, 2.05) is 48.7 Å². The third-order valence-corrected chi connectivity index (χ3v) is 7.63. The van der Waals surface area contributed by atoms with Crippen molar-refractivity contribution in [3.05, 3.63) is 42.5 Å². The fourth-order valence-corrected chi connectivity index (χ4v) is 5.48. The van der Waals surface area contributed by atoms with Crippen LogP contribution in [0.5, 0.6) is 0 Å². The predicted molar refractivity (Wildman–Crippen MR) is 130 cm³/mol. The average Bonchev–Trinajstić information content (AvgIpc) is 3.43. The molecule has 7 nitrogen and oxygen atoms in total. The molecular formula is C23H24N4O3S2. The van der Waals surface area contributed by atoms with Crippen LogP contribution in [-0.4, -0.2) is 55.9 Å². The van der Waals surface area contributed by atoms with E-state index in [9.17, 15) is 9.59 Å². The molecule has 0 saturated carbocycles. The van der Waals surface area contributed by atoms with Gasteiger partial charge in [-0.1, -0.05) is 11.3 Å². The first-order chi connectivity index (χ1) is 15.6. The molecule has 2 aromatic carbocycles. The summed E-state index contributed by atoms with van der Waals surface area (Å²) < 4.78 is 6.45. The smallest absolute Gasteiger partial charge is 0.229 e. The van der Waals surface area contributed by atoms with E-state index in [0.717, 1.165) is 57.9 Å². The van der Waals surface area contributed by atoms with Crippen LogP contribution in [0, 0.1) is 5.92 Å². The quantitative estimate of drug-likeness (QED) is 0.574. The number of morpholine rings is 1. The molecule has 1 unspecified atom stereocenters. The van der Waals surface area contributed by atoms with Crippen LogP contribution in [0.15, 0.2) is 47.4 Å². The van der Waals surface area contributed by atoms with Gasteiger partial charge in [0.25, 0.3) is 0 Å². The van der Waals surface area contributed by atoms with Gasteiger partial charge >= 0.3 is 0 Å². The van der Waals surface area contributed by atoms with E-state index in [-0.39, 0.29) is 24.2 Å². The Morgan fingerprint density at radius 2 is 1.97 bits per heavy atom. The molecule has 1 aromatic heterocycles. The van der Waals surface area contributed by atoms with Gasteiger partial charge in [0.05, 0.1) is 29.3 Å². The highest BCUT2D eigenvalue weighted by atomic mass is 32.2. The molecular weight excluding hydrogens is 444 g/mol. The van der Waals surface area contributed by atoms with E-state index in [1.165, 1.54) is 0 Å². The Labute approximate surface area is 194 Å². The van der Waals surface area contributed by atoms with E-state index < -0.39 is 0 Å². The van der Waals surface area contributed by atoms with E-state index in [2.05, 4.69) is 10.2 Å². The first-order valence-electron chi connectivity index (χ1n) is 10.6. The van der Waals surface area contributed by atoms with E-state index in [1.54, 1.807) is 28.0 Å². The van der Waals surface area contributed by atoms with Crippen LogP contribution in [0.3, 0.4) is 0 Å². The lowest BCUT2D eigenvalue weighted by atomic mass is 10.1. The second-order valence-corrected chi connectivity index (χ2v) is 9.76. The number of thioether (sulfide) groups is 1.